The zero-order valence-corrected chi connectivity index (χ0v) is 13.0. The number of rotatable bonds is 2. The first kappa shape index (κ1) is 13.7. The summed E-state index contributed by atoms with van der Waals surface area (Å²) in [5.74, 6) is 1.47. The molecule has 5 nitrogen and oxygen atoms in total. The minimum atomic E-state index is -0.0876. The van der Waals surface area contributed by atoms with E-state index in [4.69, 9.17) is 0 Å². The van der Waals surface area contributed by atoms with Crippen molar-refractivity contribution in [2.45, 2.75) is 33.7 Å². The van der Waals surface area contributed by atoms with Gasteiger partial charge in [0.2, 0.25) is 4.96 Å². The zero-order chi connectivity index (χ0) is 14.3. The number of hydrogen-bond donors (Lipinski definition) is 0. The molecule has 0 saturated carbocycles. The Morgan fingerprint density at radius 1 is 1.35 bits per heavy atom. The average molecular weight is 292 g/mol. The fourth-order valence-electron chi connectivity index (χ4n) is 3.14. The van der Waals surface area contributed by atoms with Gasteiger partial charge in [-0.2, -0.15) is 9.61 Å². The highest BCUT2D eigenvalue weighted by molar-refractivity contribution is 7.16. The summed E-state index contributed by atoms with van der Waals surface area (Å²) in [6.45, 7) is 9.49. The van der Waals surface area contributed by atoms with Gasteiger partial charge in [-0.05, 0) is 25.2 Å². The van der Waals surface area contributed by atoms with Crippen molar-refractivity contribution >= 4 is 16.3 Å². The van der Waals surface area contributed by atoms with Crippen molar-refractivity contribution in [3.63, 3.8) is 0 Å². The number of piperidine rings is 1. The van der Waals surface area contributed by atoms with Gasteiger partial charge >= 0.3 is 0 Å². The summed E-state index contributed by atoms with van der Waals surface area (Å²) in [5.41, 5.74) is 0.667. The standard InChI is InChI=1S/C14H20N4OS/c1-9-4-10(2)7-17(6-9)8-12-16-18-13(19)5-11(3)15-14(18)20-12/h5,9-10H,4,6-8H2,1-3H3. The molecule has 2 aromatic rings. The van der Waals surface area contributed by atoms with Gasteiger partial charge in [-0.15, -0.1) is 0 Å². The first-order chi connectivity index (χ1) is 9.51. The maximum atomic E-state index is 11.9. The van der Waals surface area contributed by atoms with Crippen LogP contribution in [0.1, 0.15) is 31.0 Å². The van der Waals surface area contributed by atoms with E-state index in [-0.39, 0.29) is 5.56 Å². The van der Waals surface area contributed by atoms with E-state index in [0.717, 1.165) is 42.2 Å². The van der Waals surface area contributed by atoms with Crippen LogP contribution in [0, 0.1) is 18.8 Å². The molecule has 0 spiro atoms. The average Bonchev–Trinajstić information content (AvgIpc) is 2.70. The number of nitrogens with zero attached hydrogens (tertiary/aromatic N) is 4. The SMILES string of the molecule is Cc1cc(=O)n2nc(CN3CC(C)CC(C)C3)sc2n1. The van der Waals surface area contributed by atoms with Crippen molar-refractivity contribution in [1.29, 1.82) is 0 Å². The molecule has 1 fully saturated rings. The van der Waals surface area contributed by atoms with E-state index in [2.05, 4.69) is 28.8 Å². The maximum Gasteiger partial charge on any atom is 0.275 e. The Hall–Kier alpha value is -1.27. The second-order valence-electron chi connectivity index (χ2n) is 6.07. The summed E-state index contributed by atoms with van der Waals surface area (Å²) in [4.78, 5) is 19.4. The van der Waals surface area contributed by atoms with Crippen molar-refractivity contribution in [3.8, 4) is 0 Å². The Labute approximate surface area is 122 Å². The predicted molar refractivity (Wildman–Crippen MR) is 80.1 cm³/mol. The second kappa shape index (κ2) is 5.26. The largest absolute Gasteiger partial charge is 0.296 e. The molecule has 0 N–H and O–H groups in total. The molecular formula is C14H20N4OS. The maximum absolute atomic E-state index is 11.9. The van der Waals surface area contributed by atoms with Crippen LogP contribution in [0.3, 0.4) is 0 Å². The molecule has 3 rings (SSSR count). The Kier molecular flexibility index (Phi) is 3.60. The summed E-state index contributed by atoms with van der Waals surface area (Å²) in [6.07, 6.45) is 1.30. The van der Waals surface area contributed by atoms with Gasteiger partial charge in [0.25, 0.3) is 5.56 Å². The third kappa shape index (κ3) is 2.76. The highest BCUT2D eigenvalue weighted by Crippen LogP contribution is 2.23. The number of aromatic nitrogens is 3. The number of aryl methyl sites for hydroxylation is 1. The van der Waals surface area contributed by atoms with Crippen LogP contribution in [0.2, 0.25) is 0 Å². The van der Waals surface area contributed by atoms with Crippen LogP contribution in [0.25, 0.3) is 4.96 Å². The van der Waals surface area contributed by atoms with Gasteiger partial charge in [-0.25, -0.2) is 4.98 Å². The Balaban J connectivity index is 1.84. The molecule has 20 heavy (non-hydrogen) atoms. The fraction of sp³-hybridized carbons (Fsp3) is 0.643. The van der Waals surface area contributed by atoms with Crippen LogP contribution in [-0.4, -0.2) is 32.6 Å². The summed E-state index contributed by atoms with van der Waals surface area (Å²) in [7, 11) is 0. The van der Waals surface area contributed by atoms with Gasteiger partial charge in [0, 0.05) is 24.8 Å². The van der Waals surface area contributed by atoms with Crippen molar-refractivity contribution in [2.24, 2.45) is 11.8 Å². The third-order valence-electron chi connectivity index (χ3n) is 3.72. The molecule has 1 aliphatic heterocycles. The molecule has 2 aromatic heterocycles. The minimum Gasteiger partial charge on any atom is -0.296 e. The highest BCUT2D eigenvalue weighted by atomic mass is 32.1. The van der Waals surface area contributed by atoms with Crippen molar-refractivity contribution in [1.82, 2.24) is 19.5 Å². The Bertz CT molecular complexity index is 667. The lowest BCUT2D eigenvalue weighted by Crippen LogP contribution is -2.38. The molecule has 0 radical (unpaired) electrons. The van der Waals surface area contributed by atoms with Gasteiger partial charge in [-0.3, -0.25) is 9.69 Å². The van der Waals surface area contributed by atoms with Crippen LogP contribution >= 0.6 is 11.3 Å². The number of likely N-dealkylation sites (tertiary alicyclic amines) is 1. The third-order valence-corrected chi connectivity index (χ3v) is 4.61. The molecule has 6 heteroatoms. The molecule has 0 bridgehead atoms. The first-order valence-electron chi connectivity index (χ1n) is 7.10. The molecule has 1 aliphatic rings. The first-order valence-corrected chi connectivity index (χ1v) is 7.91. The van der Waals surface area contributed by atoms with Crippen LogP contribution in [0.4, 0.5) is 0 Å². The summed E-state index contributed by atoms with van der Waals surface area (Å²) < 4.78 is 1.42. The van der Waals surface area contributed by atoms with E-state index >= 15 is 0 Å². The molecule has 3 heterocycles. The predicted octanol–water partition coefficient (Wildman–Crippen LogP) is 1.94. The molecule has 0 amide bonds. The lowest BCUT2D eigenvalue weighted by molar-refractivity contribution is 0.134. The number of fused-ring (bicyclic) bond motifs is 1. The lowest BCUT2D eigenvalue weighted by atomic mass is 9.92. The van der Waals surface area contributed by atoms with Crippen LogP contribution in [0.15, 0.2) is 10.9 Å². The molecule has 108 valence electrons. The van der Waals surface area contributed by atoms with E-state index in [9.17, 15) is 4.79 Å². The van der Waals surface area contributed by atoms with E-state index in [1.807, 2.05) is 6.92 Å². The van der Waals surface area contributed by atoms with E-state index < -0.39 is 0 Å². The van der Waals surface area contributed by atoms with Crippen LogP contribution < -0.4 is 5.56 Å². The smallest absolute Gasteiger partial charge is 0.275 e. The summed E-state index contributed by atoms with van der Waals surface area (Å²) in [6, 6.07) is 1.53. The monoisotopic (exact) mass is 292 g/mol. The second-order valence-corrected chi connectivity index (χ2v) is 7.11. The van der Waals surface area contributed by atoms with E-state index in [0.29, 0.717) is 4.96 Å². The van der Waals surface area contributed by atoms with Crippen molar-refractivity contribution in [2.75, 3.05) is 13.1 Å². The molecule has 0 aromatic carbocycles. The quantitative estimate of drug-likeness (QED) is 0.849. The van der Waals surface area contributed by atoms with Crippen molar-refractivity contribution < 1.29 is 0 Å². The molecule has 2 atom stereocenters. The zero-order valence-electron chi connectivity index (χ0n) is 12.2. The molecule has 2 unspecified atom stereocenters. The van der Waals surface area contributed by atoms with E-state index in [1.165, 1.54) is 28.3 Å². The van der Waals surface area contributed by atoms with Gasteiger partial charge in [-0.1, -0.05) is 25.2 Å². The van der Waals surface area contributed by atoms with Gasteiger partial charge < -0.3 is 0 Å². The van der Waals surface area contributed by atoms with Crippen LogP contribution in [-0.2, 0) is 6.54 Å². The lowest BCUT2D eigenvalue weighted by Gasteiger charge is -2.34. The summed E-state index contributed by atoms with van der Waals surface area (Å²) >= 11 is 1.52. The van der Waals surface area contributed by atoms with Crippen molar-refractivity contribution in [3.05, 3.63) is 27.1 Å². The fourth-order valence-corrected chi connectivity index (χ4v) is 4.12. The molecule has 1 saturated heterocycles. The van der Waals surface area contributed by atoms with Gasteiger partial charge in [0.05, 0.1) is 6.54 Å². The van der Waals surface area contributed by atoms with Gasteiger partial charge in [0.15, 0.2) is 0 Å². The van der Waals surface area contributed by atoms with Crippen LogP contribution in [0.5, 0.6) is 0 Å². The Morgan fingerprint density at radius 3 is 2.75 bits per heavy atom. The van der Waals surface area contributed by atoms with E-state index in [1.54, 1.807) is 0 Å². The highest BCUT2D eigenvalue weighted by Gasteiger charge is 2.22. The number of hydrogen-bond acceptors (Lipinski definition) is 5. The minimum absolute atomic E-state index is 0.0876. The Morgan fingerprint density at radius 2 is 2.05 bits per heavy atom. The molecule has 0 aliphatic carbocycles. The van der Waals surface area contributed by atoms with Gasteiger partial charge in [0.1, 0.15) is 5.01 Å². The topological polar surface area (TPSA) is 50.5 Å². The molecular weight excluding hydrogens is 272 g/mol. The summed E-state index contributed by atoms with van der Waals surface area (Å²) in [5, 5.41) is 5.39. The normalized spacial score (nSPS) is 24.4.